The lowest BCUT2D eigenvalue weighted by molar-refractivity contribution is -0.132. The van der Waals surface area contributed by atoms with Crippen LogP contribution in [0.3, 0.4) is 0 Å². The Labute approximate surface area is 110 Å². The van der Waals surface area contributed by atoms with E-state index in [0.717, 1.165) is 12.0 Å². The van der Waals surface area contributed by atoms with E-state index in [9.17, 15) is 4.79 Å². The highest BCUT2D eigenvalue weighted by molar-refractivity contribution is 5.81. The van der Waals surface area contributed by atoms with Gasteiger partial charge in [-0.2, -0.15) is 0 Å². The highest BCUT2D eigenvalue weighted by Gasteiger charge is 2.18. The van der Waals surface area contributed by atoms with Crippen molar-refractivity contribution in [3.8, 4) is 0 Å². The van der Waals surface area contributed by atoms with Crippen molar-refractivity contribution in [1.29, 1.82) is 0 Å². The number of likely N-dealkylation sites (N-methyl/N-ethyl adjacent to an activating group) is 1. The monoisotopic (exact) mass is 248 g/mol. The fourth-order valence-electron chi connectivity index (χ4n) is 2.05. The number of benzene rings is 1. The highest BCUT2D eigenvalue weighted by Crippen LogP contribution is 2.09. The molecule has 3 heteroatoms. The zero-order chi connectivity index (χ0) is 13.7. The minimum Gasteiger partial charge on any atom is -0.340 e. The molecule has 0 spiro atoms. The summed E-state index contributed by atoms with van der Waals surface area (Å²) in [6.45, 7) is 6.82. The van der Waals surface area contributed by atoms with Gasteiger partial charge in [-0.3, -0.25) is 4.79 Å². The second-order valence-electron chi connectivity index (χ2n) is 5.42. The molecule has 0 saturated heterocycles. The van der Waals surface area contributed by atoms with Crippen LogP contribution >= 0.6 is 0 Å². The Hall–Kier alpha value is -1.35. The van der Waals surface area contributed by atoms with Crippen LogP contribution in [0.25, 0.3) is 0 Å². The fraction of sp³-hybridized carbons (Fsp3) is 0.533. The molecule has 0 saturated carbocycles. The minimum absolute atomic E-state index is 0.0187. The SMILES string of the molecule is Cc1cccc(CN(C)C(=O)[C@@H](N)CC(C)C)c1. The number of hydrogen-bond donors (Lipinski definition) is 1. The van der Waals surface area contributed by atoms with E-state index in [1.54, 1.807) is 4.90 Å². The number of hydrogen-bond acceptors (Lipinski definition) is 2. The van der Waals surface area contributed by atoms with Crippen molar-refractivity contribution in [3.63, 3.8) is 0 Å². The summed E-state index contributed by atoms with van der Waals surface area (Å²) in [5.74, 6) is 0.460. The van der Waals surface area contributed by atoms with Crippen LogP contribution in [0, 0.1) is 12.8 Å². The van der Waals surface area contributed by atoms with Gasteiger partial charge in [-0.15, -0.1) is 0 Å². The summed E-state index contributed by atoms with van der Waals surface area (Å²) in [4.78, 5) is 13.8. The molecule has 3 nitrogen and oxygen atoms in total. The van der Waals surface area contributed by atoms with Crippen LogP contribution in [0.5, 0.6) is 0 Å². The van der Waals surface area contributed by atoms with E-state index in [1.165, 1.54) is 5.56 Å². The molecule has 1 rings (SSSR count). The Morgan fingerprint density at radius 1 is 1.39 bits per heavy atom. The van der Waals surface area contributed by atoms with Gasteiger partial charge >= 0.3 is 0 Å². The van der Waals surface area contributed by atoms with Crippen molar-refractivity contribution in [2.24, 2.45) is 11.7 Å². The van der Waals surface area contributed by atoms with Crippen LogP contribution in [0.4, 0.5) is 0 Å². The number of rotatable bonds is 5. The van der Waals surface area contributed by atoms with Crippen molar-refractivity contribution in [2.75, 3.05) is 7.05 Å². The summed E-state index contributed by atoms with van der Waals surface area (Å²) in [5, 5.41) is 0. The van der Waals surface area contributed by atoms with Crippen molar-refractivity contribution in [1.82, 2.24) is 4.90 Å². The average molecular weight is 248 g/mol. The van der Waals surface area contributed by atoms with Gasteiger partial charge in [0.2, 0.25) is 5.91 Å². The summed E-state index contributed by atoms with van der Waals surface area (Å²) < 4.78 is 0. The van der Waals surface area contributed by atoms with Crippen molar-refractivity contribution in [3.05, 3.63) is 35.4 Å². The molecule has 0 heterocycles. The van der Waals surface area contributed by atoms with Crippen LogP contribution < -0.4 is 5.73 Å². The van der Waals surface area contributed by atoms with E-state index in [1.807, 2.05) is 19.2 Å². The predicted octanol–water partition coefficient (Wildman–Crippen LogP) is 2.33. The van der Waals surface area contributed by atoms with Gasteiger partial charge in [0.1, 0.15) is 0 Å². The molecule has 1 aromatic rings. The van der Waals surface area contributed by atoms with E-state index in [0.29, 0.717) is 12.5 Å². The Morgan fingerprint density at radius 2 is 2.06 bits per heavy atom. The van der Waals surface area contributed by atoms with Crippen LogP contribution in [0.2, 0.25) is 0 Å². The number of amides is 1. The molecule has 1 amide bonds. The largest absolute Gasteiger partial charge is 0.340 e. The van der Waals surface area contributed by atoms with E-state index in [2.05, 4.69) is 32.9 Å². The smallest absolute Gasteiger partial charge is 0.239 e. The van der Waals surface area contributed by atoms with E-state index >= 15 is 0 Å². The lowest BCUT2D eigenvalue weighted by Gasteiger charge is -2.22. The molecule has 0 unspecified atom stereocenters. The standard InChI is InChI=1S/C15H24N2O/c1-11(2)8-14(16)15(18)17(4)10-13-7-5-6-12(3)9-13/h5-7,9,11,14H,8,10,16H2,1-4H3/t14-/m0/s1. The van der Waals surface area contributed by atoms with Crippen LogP contribution in [0.15, 0.2) is 24.3 Å². The first kappa shape index (κ1) is 14.7. The molecule has 1 aromatic carbocycles. The normalized spacial score (nSPS) is 12.6. The fourth-order valence-corrected chi connectivity index (χ4v) is 2.05. The number of nitrogens with zero attached hydrogens (tertiary/aromatic N) is 1. The third kappa shape index (κ3) is 4.49. The molecule has 18 heavy (non-hydrogen) atoms. The molecular formula is C15H24N2O. The Balaban J connectivity index is 2.59. The zero-order valence-corrected chi connectivity index (χ0v) is 11.8. The first-order valence-electron chi connectivity index (χ1n) is 6.46. The second kappa shape index (κ2) is 6.55. The van der Waals surface area contributed by atoms with Gasteiger partial charge < -0.3 is 10.6 Å². The number of nitrogens with two attached hydrogens (primary N) is 1. The van der Waals surface area contributed by atoms with Gasteiger partial charge in [0.25, 0.3) is 0 Å². The molecule has 0 fully saturated rings. The van der Waals surface area contributed by atoms with Crippen LogP contribution in [-0.2, 0) is 11.3 Å². The maximum atomic E-state index is 12.1. The van der Waals surface area contributed by atoms with Gasteiger partial charge in [-0.25, -0.2) is 0 Å². The average Bonchev–Trinajstić information content (AvgIpc) is 2.27. The van der Waals surface area contributed by atoms with Crippen molar-refractivity contribution < 1.29 is 4.79 Å². The van der Waals surface area contributed by atoms with Crippen LogP contribution in [-0.4, -0.2) is 23.9 Å². The Morgan fingerprint density at radius 3 is 2.61 bits per heavy atom. The molecule has 0 radical (unpaired) electrons. The first-order chi connectivity index (χ1) is 8.40. The molecule has 100 valence electrons. The number of aryl methyl sites for hydroxylation is 1. The summed E-state index contributed by atoms with van der Waals surface area (Å²) in [7, 11) is 1.81. The first-order valence-corrected chi connectivity index (χ1v) is 6.46. The van der Waals surface area contributed by atoms with Gasteiger partial charge in [-0.05, 0) is 24.8 Å². The molecule has 0 aromatic heterocycles. The van der Waals surface area contributed by atoms with E-state index in [-0.39, 0.29) is 11.9 Å². The van der Waals surface area contributed by atoms with Gasteiger partial charge in [0, 0.05) is 13.6 Å². The molecule has 0 aliphatic heterocycles. The van der Waals surface area contributed by atoms with Crippen molar-refractivity contribution >= 4 is 5.91 Å². The van der Waals surface area contributed by atoms with Gasteiger partial charge in [0.05, 0.1) is 6.04 Å². The molecule has 0 bridgehead atoms. The van der Waals surface area contributed by atoms with Gasteiger partial charge in [0.15, 0.2) is 0 Å². The topological polar surface area (TPSA) is 46.3 Å². The second-order valence-corrected chi connectivity index (χ2v) is 5.42. The van der Waals surface area contributed by atoms with Crippen molar-refractivity contribution in [2.45, 2.75) is 39.8 Å². The lowest BCUT2D eigenvalue weighted by atomic mass is 10.0. The van der Waals surface area contributed by atoms with E-state index < -0.39 is 0 Å². The quantitative estimate of drug-likeness (QED) is 0.869. The molecular weight excluding hydrogens is 224 g/mol. The van der Waals surface area contributed by atoms with Gasteiger partial charge in [-0.1, -0.05) is 43.7 Å². The lowest BCUT2D eigenvalue weighted by Crippen LogP contribution is -2.42. The maximum Gasteiger partial charge on any atom is 0.239 e. The summed E-state index contributed by atoms with van der Waals surface area (Å²) in [6, 6.07) is 7.80. The molecule has 0 aliphatic carbocycles. The minimum atomic E-state index is -0.389. The molecule has 0 aliphatic rings. The number of carbonyl (C=O) groups excluding carboxylic acids is 1. The Bertz CT molecular complexity index is 401. The third-order valence-electron chi connectivity index (χ3n) is 2.92. The third-order valence-corrected chi connectivity index (χ3v) is 2.92. The summed E-state index contributed by atoms with van der Waals surface area (Å²) >= 11 is 0. The van der Waals surface area contributed by atoms with E-state index in [4.69, 9.17) is 5.73 Å². The summed E-state index contributed by atoms with van der Waals surface area (Å²) in [5.41, 5.74) is 8.26. The maximum absolute atomic E-state index is 12.1. The molecule has 2 N–H and O–H groups in total. The predicted molar refractivity (Wildman–Crippen MR) is 75.1 cm³/mol. The summed E-state index contributed by atoms with van der Waals surface area (Å²) in [6.07, 6.45) is 0.733. The van der Waals surface area contributed by atoms with Crippen LogP contribution in [0.1, 0.15) is 31.4 Å². The number of carbonyl (C=O) groups is 1. The highest BCUT2D eigenvalue weighted by atomic mass is 16.2. The zero-order valence-electron chi connectivity index (χ0n) is 11.8. The molecule has 1 atom stereocenters. The Kier molecular flexibility index (Phi) is 5.35.